The molecule has 2 nitrogen and oxygen atoms in total. The van der Waals surface area contributed by atoms with Crippen LogP contribution in [0.4, 0.5) is 0 Å². The molecule has 2 bridgehead atoms. The molecule has 2 fully saturated rings. The Morgan fingerprint density at radius 3 is 1.88 bits per heavy atom. The molecular weight excluding hydrogens is 320 g/mol. The van der Waals surface area contributed by atoms with E-state index in [1.807, 2.05) is 0 Å². The van der Waals surface area contributed by atoms with Gasteiger partial charge in [-0.3, -0.25) is 0 Å². The molecule has 2 aliphatic carbocycles. The van der Waals surface area contributed by atoms with Crippen molar-refractivity contribution in [2.24, 2.45) is 11.8 Å². The maximum absolute atomic E-state index is 5.36. The van der Waals surface area contributed by atoms with E-state index in [1.54, 1.807) is 19.8 Å². The number of methoxy groups -OCH3 is 2. The fraction of sp³-hybridized carbons (Fsp3) is 0.417. The van der Waals surface area contributed by atoms with Crippen LogP contribution in [-0.2, 0) is 0 Å². The predicted molar refractivity (Wildman–Crippen MR) is 107 cm³/mol. The summed E-state index contributed by atoms with van der Waals surface area (Å²) in [5, 5.41) is 0. The van der Waals surface area contributed by atoms with Crippen molar-refractivity contribution in [2.75, 3.05) is 14.2 Å². The van der Waals surface area contributed by atoms with Gasteiger partial charge in [0, 0.05) is 0 Å². The van der Waals surface area contributed by atoms with Crippen LogP contribution in [0.2, 0.25) is 0 Å². The molecule has 2 saturated carbocycles. The van der Waals surface area contributed by atoms with E-state index >= 15 is 0 Å². The average Bonchev–Trinajstić information content (AvgIpc) is 2.71. The zero-order valence-electron chi connectivity index (χ0n) is 15.8. The van der Waals surface area contributed by atoms with Gasteiger partial charge < -0.3 is 9.47 Å². The lowest BCUT2D eigenvalue weighted by atomic mass is 9.67. The molecule has 2 atom stereocenters. The Bertz CT molecular complexity index is 721. The van der Waals surface area contributed by atoms with Crippen molar-refractivity contribution in [3.05, 3.63) is 65.2 Å². The fourth-order valence-corrected chi connectivity index (χ4v) is 4.82. The van der Waals surface area contributed by atoms with Crippen molar-refractivity contribution in [1.82, 2.24) is 0 Å². The predicted octanol–water partition coefficient (Wildman–Crippen LogP) is 6.11. The summed E-state index contributed by atoms with van der Waals surface area (Å²) in [5.74, 6) is 3.52. The minimum absolute atomic E-state index is 0.752. The maximum Gasteiger partial charge on any atom is 0.118 e. The van der Waals surface area contributed by atoms with Gasteiger partial charge in [0.05, 0.1) is 14.2 Å². The Labute approximate surface area is 156 Å². The van der Waals surface area contributed by atoms with Crippen molar-refractivity contribution in [3.8, 4) is 11.5 Å². The van der Waals surface area contributed by atoms with Crippen LogP contribution in [0.25, 0.3) is 5.57 Å². The normalized spacial score (nSPS) is 22.0. The van der Waals surface area contributed by atoms with E-state index in [2.05, 4.69) is 48.5 Å². The highest BCUT2D eigenvalue weighted by molar-refractivity contribution is 5.83. The minimum Gasteiger partial charge on any atom is -0.497 e. The molecule has 136 valence electrons. The van der Waals surface area contributed by atoms with Crippen LogP contribution in [-0.4, -0.2) is 14.2 Å². The number of hydrogen-bond acceptors (Lipinski definition) is 2. The van der Waals surface area contributed by atoms with Gasteiger partial charge in [0.25, 0.3) is 0 Å². The molecule has 0 radical (unpaired) electrons. The topological polar surface area (TPSA) is 18.5 Å². The summed E-state index contributed by atoms with van der Waals surface area (Å²) < 4.78 is 10.7. The SMILES string of the molecule is COc1ccc(C(=C2CC[C@H]3CCC[C@@H]2C3)c2ccc(OC)cc2)cc1. The first-order valence-corrected chi connectivity index (χ1v) is 9.80. The van der Waals surface area contributed by atoms with Gasteiger partial charge >= 0.3 is 0 Å². The number of fused-ring (bicyclic) bond motifs is 2. The second-order valence-corrected chi connectivity index (χ2v) is 7.63. The molecule has 0 amide bonds. The largest absolute Gasteiger partial charge is 0.497 e. The van der Waals surface area contributed by atoms with Crippen molar-refractivity contribution in [3.63, 3.8) is 0 Å². The summed E-state index contributed by atoms with van der Waals surface area (Å²) in [6.45, 7) is 0. The van der Waals surface area contributed by atoms with Gasteiger partial charge in [-0.1, -0.05) is 42.7 Å². The Morgan fingerprint density at radius 1 is 0.769 bits per heavy atom. The first-order chi connectivity index (χ1) is 12.8. The minimum atomic E-state index is 0.752. The molecule has 26 heavy (non-hydrogen) atoms. The molecule has 0 N–H and O–H groups in total. The molecular formula is C24H28O2. The van der Waals surface area contributed by atoms with Gasteiger partial charge in [-0.2, -0.15) is 0 Å². The van der Waals surface area contributed by atoms with Crippen molar-refractivity contribution < 1.29 is 9.47 Å². The molecule has 0 saturated heterocycles. The lowest BCUT2D eigenvalue weighted by molar-refractivity contribution is 0.243. The second kappa shape index (κ2) is 7.57. The lowest BCUT2D eigenvalue weighted by Crippen LogP contribution is -2.24. The molecule has 0 spiro atoms. The fourth-order valence-electron chi connectivity index (χ4n) is 4.82. The molecule has 0 aromatic heterocycles. The standard InChI is InChI=1S/C24H28O2/c1-25-21-11-7-18(8-12-21)24(19-9-13-22(26-2)14-10-19)23-15-6-17-4-3-5-20(23)16-17/h7-14,17,20H,3-6,15-16H2,1-2H3/t17-,20-/m1/s1. The van der Waals surface area contributed by atoms with Crippen LogP contribution in [0.5, 0.6) is 11.5 Å². The summed E-state index contributed by atoms with van der Waals surface area (Å²) in [7, 11) is 3.45. The molecule has 2 heteroatoms. The molecule has 0 heterocycles. The molecule has 0 aliphatic heterocycles. The van der Waals surface area contributed by atoms with E-state index in [9.17, 15) is 0 Å². The van der Waals surface area contributed by atoms with Gasteiger partial charge in [-0.15, -0.1) is 0 Å². The highest BCUT2D eigenvalue weighted by atomic mass is 16.5. The van der Waals surface area contributed by atoms with Crippen LogP contribution in [0, 0.1) is 11.8 Å². The van der Waals surface area contributed by atoms with Crippen LogP contribution in [0.3, 0.4) is 0 Å². The smallest absolute Gasteiger partial charge is 0.118 e. The Morgan fingerprint density at radius 2 is 1.35 bits per heavy atom. The second-order valence-electron chi connectivity index (χ2n) is 7.63. The summed E-state index contributed by atoms with van der Waals surface area (Å²) in [6, 6.07) is 17.1. The summed E-state index contributed by atoms with van der Waals surface area (Å²) >= 11 is 0. The van der Waals surface area contributed by atoms with Crippen molar-refractivity contribution in [2.45, 2.75) is 38.5 Å². The third kappa shape index (κ3) is 3.38. The maximum atomic E-state index is 5.36. The average molecular weight is 348 g/mol. The quantitative estimate of drug-likeness (QED) is 0.664. The van der Waals surface area contributed by atoms with Crippen LogP contribution in [0.1, 0.15) is 49.7 Å². The van der Waals surface area contributed by atoms with E-state index in [4.69, 9.17) is 9.47 Å². The molecule has 2 aromatic carbocycles. The van der Waals surface area contributed by atoms with E-state index in [0.717, 1.165) is 23.3 Å². The Hall–Kier alpha value is -2.22. The Balaban J connectivity index is 1.81. The van der Waals surface area contributed by atoms with E-state index < -0.39 is 0 Å². The first kappa shape index (κ1) is 17.2. The highest BCUT2D eigenvalue weighted by Crippen LogP contribution is 2.47. The number of ether oxygens (including phenoxy) is 2. The van der Waals surface area contributed by atoms with E-state index in [1.165, 1.54) is 55.2 Å². The van der Waals surface area contributed by atoms with Gasteiger partial charge in [-0.25, -0.2) is 0 Å². The number of hydrogen-bond donors (Lipinski definition) is 0. The summed E-state index contributed by atoms with van der Waals surface area (Å²) in [6.07, 6.45) is 8.14. The third-order valence-corrected chi connectivity index (χ3v) is 6.18. The number of benzene rings is 2. The zero-order chi connectivity index (χ0) is 17.9. The summed E-state index contributed by atoms with van der Waals surface area (Å²) in [4.78, 5) is 0. The van der Waals surface area contributed by atoms with Gasteiger partial charge in [0.1, 0.15) is 11.5 Å². The van der Waals surface area contributed by atoms with Crippen LogP contribution in [0.15, 0.2) is 54.1 Å². The van der Waals surface area contributed by atoms with Crippen LogP contribution < -0.4 is 9.47 Å². The lowest BCUT2D eigenvalue weighted by Gasteiger charge is -2.38. The van der Waals surface area contributed by atoms with Gasteiger partial charge in [-0.05, 0) is 78.5 Å². The summed E-state index contributed by atoms with van der Waals surface area (Å²) in [5.41, 5.74) is 5.70. The molecule has 4 rings (SSSR count). The van der Waals surface area contributed by atoms with Crippen molar-refractivity contribution >= 4 is 5.57 Å². The van der Waals surface area contributed by atoms with Crippen molar-refractivity contribution in [1.29, 1.82) is 0 Å². The molecule has 2 aliphatic rings. The Kier molecular flexibility index (Phi) is 5.01. The van der Waals surface area contributed by atoms with Gasteiger partial charge in [0.15, 0.2) is 0 Å². The number of rotatable bonds is 4. The third-order valence-electron chi connectivity index (χ3n) is 6.18. The van der Waals surface area contributed by atoms with E-state index in [-0.39, 0.29) is 0 Å². The van der Waals surface area contributed by atoms with Crippen LogP contribution >= 0.6 is 0 Å². The number of allylic oxidation sites excluding steroid dienone is 1. The monoisotopic (exact) mass is 348 g/mol. The first-order valence-electron chi connectivity index (χ1n) is 9.80. The zero-order valence-corrected chi connectivity index (χ0v) is 15.8. The van der Waals surface area contributed by atoms with E-state index in [0.29, 0.717) is 0 Å². The highest BCUT2D eigenvalue weighted by Gasteiger charge is 2.31. The van der Waals surface area contributed by atoms with Gasteiger partial charge in [0.2, 0.25) is 0 Å². The molecule has 2 aromatic rings. The molecule has 0 unspecified atom stereocenters.